The zero-order valence-electron chi connectivity index (χ0n) is 11.1. The van der Waals surface area contributed by atoms with E-state index >= 15 is 0 Å². The Labute approximate surface area is 130 Å². The number of aromatic carboxylic acids is 1. The van der Waals surface area contributed by atoms with Gasteiger partial charge in [-0.2, -0.15) is 0 Å². The van der Waals surface area contributed by atoms with Crippen molar-refractivity contribution in [3.05, 3.63) is 65.0 Å². The number of rotatable bonds is 3. The Morgan fingerprint density at radius 1 is 1.23 bits per heavy atom. The van der Waals surface area contributed by atoms with E-state index in [9.17, 15) is 9.59 Å². The predicted molar refractivity (Wildman–Crippen MR) is 81.6 cm³/mol. The zero-order valence-corrected chi connectivity index (χ0v) is 11.9. The summed E-state index contributed by atoms with van der Waals surface area (Å²) in [7, 11) is 0. The molecule has 3 aromatic rings. The van der Waals surface area contributed by atoms with E-state index in [-0.39, 0.29) is 23.5 Å². The van der Waals surface area contributed by atoms with Gasteiger partial charge in [-0.1, -0.05) is 6.07 Å². The van der Waals surface area contributed by atoms with Crippen molar-refractivity contribution in [3.63, 3.8) is 0 Å². The quantitative estimate of drug-likeness (QED) is 0.766. The Bertz CT molecular complexity index is 841. The third-order valence-electron chi connectivity index (χ3n) is 2.97. The van der Waals surface area contributed by atoms with E-state index in [2.05, 4.69) is 15.1 Å². The summed E-state index contributed by atoms with van der Waals surface area (Å²) >= 11 is 0. The largest absolute Gasteiger partial charge is 0.478 e. The first-order chi connectivity index (χ1) is 10.2. The van der Waals surface area contributed by atoms with Gasteiger partial charge in [-0.25, -0.2) is 14.5 Å². The van der Waals surface area contributed by atoms with Gasteiger partial charge in [0, 0.05) is 30.4 Å². The van der Waals surface area contributed by atoms with Crippen LogP contribution in [0.3, 0.4) is 0 Å². The molecule has 0 saturated carbocycles. The number of aromatic nitrogens is 4. The third-order valence-corrected chi connectivity index (χ3v) is 2.97. The Kier molecular flexibility index (Phi) is 4.38. The molecule has 0 unspecified atom stereocenters. The zero-order chi connectivity index (χ0) is 14.8. The second kappa shape index (κ2) is 6.23. The van der Waals surface area contributed by atoms with Gasteiger partial charge >= 0.3 is 5.97 Å². The Morgan fingerprint density at radius 2 is 2.05 bits per heavy atom. The highest BCUT2D eigenvalue weighted by atomic mass is 35.5. The van der Waals surface area contributed by atoms with Crippen LogP contribution in [0.5, 0.6) is 0 Å². The van der Waals surface area contributed by atoms with Crippen molar-refractivity contribution in [1.29, 1.82) is 0 Å². The first kappa shape index (κ1) is 15.5. The molecule has 0 aliphatic rings. The molecule has 0 spiro atoms. The van der Waals surface area contributed by atoms with Crippen molar-refractivity contribution in [3.8, 4) is 16.9 Å². The predicted octanol–water partition coefficient (Wildman–Crippen LogP) is 1.74. The molecule has 7 nitrogen and oxygen atoms in total. The van der Waals surface area contributed by atoms with Gasteiger partial charge in [0.25, 0.3) is 5.56 Å². The molecule has 0 aliphatic carbocycles. The monoisotopic (exact) mass is 318 g/mol. The summed E-state index contributed by atoms with van der Waals surface area (Å²) in [5.74, 6) is -0.746. The number of pyridine rings is 2. The SMILES string of the molecule is Cl.O=C(O)c1ccc(-n2[nH]cc(-c3cccnc3)c2=O)nc1. The number of carboxylic acids is 1. The van der Waals surface area contributed by atoms with Crippen LogP contribution in [-0.4, -0.2) is 30.8 Å². The lowest BCUT2D eigenvalue weighted by atomic mass is 10.2. The number of carbonyl (C=O) groups is 1. The molecule has 0 fully saturated rings. The van der Waals surface area contributed by atoms with Crippen molar-refractivity contribution in [2.45, 2.75) is 0 Å². The molecule has 0 atom stereocenters. The molecule has 112 valence electrons. The van der Waals surface area contributed by atoms with Crippen LogP contribution in [0, 0.1) is 0 Å². The first-order valence-corrected chi connectivity index (χ1v) is 6.07. The average Bonchev–Trinajstić information content (AvgIpc) is 2.90. The summed E-state index contributed by atoms with van der Waals surface area (Å²) in [5, 5.41) is 11.6. The maximum Gasteiger partial charge on any atom is 0.337 e. The van der Waals surface area contributed by atoms with Gasteiger partial charge in [0.2, 0.25) is 0 Å². The maximum absolute atomic E-state index is 12.3. The van der Waals surface area contributed by atoms with E-state index in [1.165, 1.54) is 23.0 Å². The van der Waals surface area contributed by atoms with E-state index in [4.69, 9.17) is 5.11 Å². The minimum absolute atomic E-state index is 0. The number of nitrogens with one attached hydrogen (secondary N) is 1. The number of hydrogen-bond acceptors (Lipinski definition) is 4. The van der Waals surface area contributed by atoms with Crippen molar-refractivity contribution in [1.82, 2.24) is 19.7 Å². The number of nitrogens with zero attached hydrogens (tertiary/aromatic N) is 3. The Balaban J connectivity index is 0.00000176. The molecule has 8 heteroatoms. The summed E-state index contributed by atoms with van der Waals surface area (Å²) < 4.78 is 1.24. The smallest absolute Gasteiger partial charge is 0.337 e. The lowest BCUT2D eigenvalue weighted by Crippen LogP contribution is -2.17. The molecule has 0 radical (unpaired) electrons. The summed E-state index contributed by atoms with van der Waals surface area (Å²) in [5.41, 5.74) is 0.941. The minimum Gasteiger partial charge on any atom is -0.478 e. The number of hydrogen-bond donors (Lipinski definition) is 2. The average molecular weight is 319 g/mol. The topological polar surface area (TPSA) is 101 Å². The standard InChI is InChI=1S/C14H10N4O3.ClH/c19-13-11(9-2-1-5-15-6-9)8-17-18(13)12-4-3-10(7-16-12)14(20)21;/h1-8,17H,(H,20,21);1H. The van der Waals surface area contributed by atoms with Crippen LogP contribution in [0.2, 0.25) is 0 Å². The van der Waals surface area contributed by atoms with Crippen LogP contribution < -0.4 is 5.56 Å². The summed E-state index contributed by atoms with van der Waals surface area (Å²) in [4.78, 5) is 31.1. The van der Waals surface area contributed by atoms with E-state index in [0.717, 1.165) is 0 Å². The molecule has 3 rings (SSSR count). The van der Waals surface area contributed by atoms with Gasteiger partial charge in [0.1, 0.15) is 0 Å². The molecule has 0 aliphatic heterocycles. The van der Waals surface area contributed by atoms with E-state index in [1.54, 1.807) is 30.7 Å². The second-order valence-corrected chi connectivity index (χ2v) is 4.28. The number of carboxylic acid groups (broad SMARTS) is 1. The molecule has 2 N–H and O–H groups in total. The Morgan fingerprint density at radius 3 is 2.64 bits per heavy atom. The normalized spacial score (nSPS) is 10.0. The van der Waals surface area contributed by atoms with Crippen LogP contribution in [0.15, 0.2) is 53.8 Å². The van der Waals surface area contributed by atoms with Gasteiger partial charge < -0.3 is 5.11 Å². The molecule has 3 heterocycles. The van der Waals surface area contributed by atoms with Crippen molar-refractivity contribution in [2.75, 3.05) is 0 Å². The fraction of sp³-hybridized carbons (Fsp3) is 0. The fourth-order valence-corrected chi connectivity index (χ4v) is 1.91. The van der Waals surface area contributed by atoms with Crippen LogP contribution in [-0.2, 0) is 0 Å². The first-order valence-electron chi connectivity index (χ1n) is 6.07. The maximum atomic E-state index is 12.3. The number of H-pyrrole nitrogens is 1. The fourth-order valence-electron chi connectivity index (χ4n) is 1.91. The molecular weight excluding hydrogens is 308 g/mol. The van der Waals surface area contributed by atoms with E-state index in [0.29, 0.717) is 16.9 Å². The van der Waals surface area contributed by atoms with Gasteiger partial charge in [-0.3, -0.25) is 14.9 Å². The summed E-state index contributed by atoms with van der Waals surface area (Å²) in [6.07, 6.45) is 5.98. The van der Waals surface area contributed by atoms with Crippen molar-refractivity contribution < 1.29 is 9.90 Å². The van der Waals surface area contributed by atoms with Crippen molar-refractivity contribution in [2.24, 2.45) is 0 Å². The second-order valence-electron chi connectivity index (χ2n) is 4.28. The Hall–Kier alpha value is -2.93. The van der Waals surface area contributed by atoms with E-state index < -0.39 is 5.97 Å². The third kappa shape index (κ3) is 2.75. The molecule has 3 aromatic heterocycles. The van der Waals surface area contributed by atoms with Crippen LogP contribution in [0.4, 0.5) is 0 Å². The summed E-state index contributed by atoms with van der Waals surface area (Å²) in [6.45, 7) is 0. The molecule has 0 bridgehead atoms. The highest BCUT2D eigenvalue weighted by Gasteiger charge is 2.11. The van der Waals surface area contributed by atoms with Gasteiger partial charge in [-0.15, -0.1) is 12.4 Å². The molecule has 22 heavy (non-hydrogen) atoms. The molecule has 0 saturated heterocycles. The number of halogens is 1. The van der Waals surface area contributed by atoms with Crippen LogP contribution >= 0.6 is 12.4 Å². The van der Waals surface area contributed by atoms with Gasteiger partial charge in [0.05, 0.1) is 11.1 Å². The number of aromatic amines is 1. The van der Waals surface area contributed by atoms with Crippen LogP contribution in [0.1, 0.15) is 10.4 Å². The molecule has 0 aromatic carbocycles. The molecular formula is C14H11ClN4O3. The van der Waals surface area contributed by atoms with Gasteiger partial charge in [0.15, 0.2) is 5.82 Å². The lowest BCUT2D eigenvalue weighted by molar-refractivity contribution is 0.0696. The van der Waals surface area contributed by atoms with Crippen molar-refractivity contribution >= 4 is 18.4 Å². The highest BCUT2D eigenvalue weighted by molar-refractivity contribution is 5.87. The minimum atomic E-state index is -1.07. The van der Waals surface area contributed by atoms with Crippen LogP contribution in [0.25, 0.3) is 16.9 Å². The molecule has 0 amide bonds. The van der Waals surface area contributed by atoms with Gasteiger partial charge in [-0.05, 0) is 18.2 Å². The lowest BCUT2D eigenvalue weighted by Gasteiger charge is -2.00. The highest BCUT2D eigenvalue weighted by Crippen LogP contribution is 2.13. The van der Waals surface area contributed by atoms with E-state index in [1.807, 2.05) is 0 Å². The summed E-state index contributed by atoms with van der Waals surface area (Å²) in [6, 6.07) is 6.38.